The van der Waals surface area contributed by atoms with Crippen LogP contribution < -0.4 is 10.6 Å². The first kappa shape index (κ1) is 18.4. The molecule has 0 aliphatic heterocycles. The van der Waals surface area contributed by atoms with Crippen LogP contribution in [0.2, 0.25) is 0 Å². The highest BCUT2D eigenvalue weighted by atomic mass is 16.2. The topological polar surface area (TPSA) is 71.1 Å². The second-order valence-corrected chi connectivity index (χ2v) is 7.38. The van der Waals surface area contributed by atoms with Crippen molar-refractivity contribution in [2.24, 2.45) is 17.8 Å². The molecule has 1 aromatic heterocycles. The first-order chi connectivity index (χ1) is 11.5. The van der Waals surface area contributed by atoms with E-state index >= 15 is 0 Å². The van der Waals surface area contributed by atoms with Gasteiger partial charge in [0.1, 0.15) is 6.04 Å². The van der Waals surface area contributed by atoms with Crippen LogP contribution in [0, 0.1) is 17.8 Å². The molecule has 0 saturated heterocycles. The molecule has 1 heterocycles. The van der Waals surface area contributed by atoms with Crippen molar-refractivity contribution in [2.75, 3.05) is 5.32 Å². The fourth-order valence-electron chi connectivity index (χ4n) is 3.18. The number of hydrogen-bond acceptors (Lipinski definition) is 3. The van der Waals surface area contributed by atoms with Crippen LogP contribution in [0.1, 0.15) is 52.9 Å². The minimum Gasteiger partial charge on any atom is -0.344 e. The summed E-state index contributed by atoms with van der Waals surface area (Å²) in [5.74, 6) is 0.917. The van der Waals surface area contributed by atoms with Crippen molar-refractivity contribution in [2.45, 2.75) is 58.9 Å². The Hall–Kier alpha value is -1.91. The van der Waals surface area contributed by atoms with Crippen LogP contribution in [0.5, 0.6) is 0 Å². The number of amides is 2. The number of carbonyl (C=O) groups excluding carboxylic acids is 2. The van der Waals surface area contributed by atoms with Crippen molar-refractivity contribution in [3.8, 4) is 0 Å². The quantitative estimate of drug-likeness (QED) is 0.839. The predicted molar refractivity (Wildman–Crippen MR) is 95.4 cm³/mol. The van der Waals surface area contributed by atoms with Crippen LogP contribution in [-0.2, 0) is 9.59 Å². The average Bonchev–Trinajstić information content (AvgIpc) is 2.55. The van der Waals surface area contributed by atoms with Gasteiger partial charge in [-0.15, -0.1) is 0 Å². The Morgan fingerprint density at radius 1 is 1.25 bits per heavy atom. The van der Waals surface area contributed by atoms with E-state index in [0.29, 0.717) is 23.9 Å². The second kappa shape index (κ2) is 8.81. The number of nitrogens with zero attached hydrogens (tertiary/aromatic N) is 1. The van der Waals surface area contributed by atoms with E-state index in [1.165, 1.54) is 0 Å². The van der Waals surface area contributed by atoms with E-state index in [1.807, 2.05) is 0 Å². The van der Waals surface area contributed by atoms with Gasteiger partial charge in [-0.05, 0) is 56.1 Å². The molecule has 0 radical (unpaired) electrons. The Labute approximate surface area is 144 Å². The number of nitrogens with one attached hydrogen (secondary N) is 2. The van der Waals surface area contributed by atoms with Gasteiger partial charge in [0.05, 0.1) is 11.9 Å². The van der Waals surface area contributed by atoms with E-state index < -0.39 is 6.04 Å². The molecule has 1 saturated carbocycles. The molecule has 0 unspecified atom stereocenters. The lowest BCUT2D eigenvalue weighted by Crippen LogP contribution is -2.47. The lowest BCUT2D eigenvalue weighted by molar-refractivity contribution is -0.130. The molecule has 0 spiro atoms. The molecule has 1 atom stereocenters. The summed E-state index contributed by atoms with van der Waals surface area (Å²) in [6, 6.07) is 3.06. The molecule has 1 aromatic rings. The van der Waals surface area contributed by atoms with Crippen LogP contribution >= 0.6 is 0 Å². The van der Waals surface area contributed by atoms with Crippen molar-refractivity contribution < 1.29 is 9.59 Å². The van der Waals surface area contributed by atoms with Crippen LogP contribution in [0.4, 0.5) is 5.69 Å². The molecule has 2 rings (SSSR count). The predicted octanol–water partition coefficient (Wildman–Crippen LogP) is 3.38. The number of carbonyl (C=O) groups is 2. The Balaban J connectivity index is 1.96. The van der Waals surface area contributed by atoms with Gasteiger partial charge in [0.25, 0.3) is 0 Å². The van der Waals surface area contributed by atoms with Crippen molar-refractivity contribution in [1.82, 2.24) is 10.3 Å². The smallest absolute Gasteiger partial charge is 0.247 e. The Kier molecular flexibility index (Phi) is 6.76. The summed E-state index contributed by atoms with van der Waals surface area (Å²) >= 11 is 0. The first-order valence-corrected chi connectivity index (χ1v) is 8.97. The summed E-state index contributed by atoms with van der Waals surface area (Å²) in [5, 5.41) is 5.83. The first-order valence-electron chi connectivity index (χ1n) is 8.97. The number of hydrogen-bond donors (Lipinski definition) is 2. The molecule has 5 nitrogen and oxygen atoms in total. The summed E-state index contributed by atoms with van der Waals surface area (Å²) in [7, 11) is 0. The fourth-order valence-corrected chi connectivity index (χ4v) is 3.18. The van der Waals surface area contributed by atoms with Gasteiger partial charge >= 0.3 is 0 Å². The van der Waals surface area contributed by atoms with Crippen LogP contribution in [-0.4, -0.2) is 22.8 Å². The maximum Gasteiger partial charge on any atom is 0.247 e. The number of aromatic nitrogens is 1. The lowest BCUT2D eigenvalue weighted by atomic mass is 9.82. The number of rotatable bonds is 6. The summed E-state index contributed by atoms with van der Waals surface area (Å²) in [4.78, 5) is 29.1. The van der Waals surface area contributed by atoms with E-state index in [4.69, 9.17) is 0 Å². The number of anilines is 1. The van der Waals surface area contributed by atoms with Crippen LogP contribution in [0.3, 0.4) is 0 Å². The van der Waals surface area contributed by atoms with Gasteiger partial charge < -0.3 is 10.6 Å². The average molecular weight is 331 g/mol. The zero-order valence-corrected chi connectivity index (χ0v) is 14.9. The zero-order valence-electron chi connectivity index (χ0n) is 14.9. The van der Waals surface area contributed by atoms with Gasteiger partial charge in [-0.25, -0.2) is 0 Å². The van der Waals surface area contributed by atoms with Gasteiger partial charge in [0, 0.05) is 12.1 Å². The van der Waals surface area contributed by atoms with Crippen molar-refractivity contribution >= 4 is 17.5 Å². The van der Waals surface area contributed by atoms with E-state index in [9.17, 15) is 9.59 Å². The van der Waals surface area contributed by atoms with Crippen molar-refractivity contribution in [3.05, 3.63) is 24.5 Å². The Morgan fingerprint density at radius 2 is 1.96 bits per heavy atom. The van der Waals surface area contributed by atoms with E-state index in [1.54, 1.807) is 24.5 Å². The van der Waals surface area contributed by atoms with E-state index in [0.717, 1.165) is 25.7 Å². The highest BCUT2D eigenvalue weighted by Gasteiger charge is 2.28. The van der Waals surface area contributed by atoms with Crippen molar-refractivity contribution in [3.63, 3.8) is 0 Å². The summed E-state index contributed by atoms with van der Waals surface area (Å²) < 4.78 is 0. The SMILES string of the molecule is CC(C)C[C@@H](NC(=O)C1CCC(C)CC1)C(=O)Nc1cccnc1. The van der Waals surface area contributed by atoms with Gasteiger partial charge in [0.15, 0.2) is 0 Å². The van der Waals surface area contributed by atoms with Gasteiger partial charge in [0.2, 0.25) is 11.8 Å². The van der Waals surface area contributed by atoms with Gasteiger partial charge in [-0.2, -0.15) is 0 Å². The molecular weight excluding hydrogens is 302 g/mol. The van der Waals surface area contributed by atoms with Gasteiger partial charge in [-0.3, -0.25) is 14.6 Å². The minimum absolute atomic E-state index is 0.0221. The lowest BCUT2D eigenvalue weighted by Gasteiger charge is -2.27. The minimum atomic E-state index is -0.503. The molecule has 0 bridgehead atoms. The molecule has 2 N–H and O–H groups in total. The van der Waals surface area contributed by atoms with Crippen molar-refractivity contribution in [1.29, 1.82) is 0 Å². The fraction of sp³-hybridized carbons (Fsp3) is 0.632. The second-order valence-electron chi connectivity index (χ2n) is 7.38. The molecule has 1 fully saturated rings. The van der Waals surface area contributed by atoms with Crippen LogP contribution in [0.15, 0.2) is 24.5 Å². The largest absolute Gasteiger partial charge is 0.344 e. The monoisotopic (exact) mass is 331 g/mol. The third-order valence-electron chi connectivity index (χ3n) is 4.66. The summed E-state index contributed by atoms with van der Waals surface area (Å²) in [5.41, 5.74) is 0.650. The highest BCUT2D eigenvalue weighted by Crippen LogP contribution is 2.28. The molecule has 2 amide bonds. The van der Waals surface area contributed by atoms with E-state index in [-0.39, 0.29) is 17.7 Å². The summed E-state index contributed by atoms with van der Waals surface area (Å²) in [6.07, 6.45) is 7.92. The maximum atomic E-state index is 12.6. The van der Waals surface area contributed by atoms with Gasteiger partial charge in [-0.1, -0.05) is 20.8 Å². The number of pyridine rings is 1. The standard InChI is InChI=1S/C19H29N3O2/c1-13(2)11-17(19(24)21-16-5-4-10-20-12-16)22-18(23)15-8-6-14(3)7-9-15/h4-5,10,12-15,17H,6-9,11H2,1-3H3,(H,21,24)(H,22,23)/t14?,15?,17-/m1/s1. The highest BCUT2D eigenvalue weighted by molar-refractivity contribution is 5.97. The van der Waals surface area contributed by atoms with E-state index in [2.05, 4.69) is 36.4 Å². The molecule has 132 valence electrons. The normalized spacial score (nSPS) is 22.0. The molecule has 5 heteroatoms. The maximum absolute atomic E-state index is 12.6. The Morgan fingerprint density at radius 3 is 2.54 bits per heavy atom. The third kappa shape index (κ3) is 5.62. The Bertz CT molecular complexity index is 537. The molecule has 24 heavy (non-hydrogen) atoms. The van der Waals surface area contributed by atoms with Crippen LogP contribution in [0.25, 0.3) is 0 Å². The molecule has 0 aromatic carbocycles. The summed E-state index contributed by atoms with van der Waals surface area (Å²) in [6.45, 7) is 6.34. The molecule has 1 aliphatic carbocycles. The molecular formula is C19H29N3O2. The molecule has 1 aliphatic rings. The zero-order chi connectivity index (χ0) is 17.5. The third-order valence-corrected chi connectivity index (χ3v) is 4.66.